The summed E-state index contributed by atoms with van der Waals surface area (Å²) in [6.45, 7) is 4.50. The van der Waals surface area contributed by atoms with Gasteiger partial charge in [0.05, 0.1) is 30.3 Å². The van der Waals surface area contributed by atoms with Crippen molar-refractivity contribution in [2.45, 2.75) is 12.8 Å². The van der Waals surface area contributed by atoms with E-state index >= 15 is 0 Å². The summed E-state index contributed by atoms with van der Waals surface area (Å²) in [6, 6.07) is 4.19. The molecular weight excluding hydrogens is 214 g/mol. The van der Waals surface area contributed by atoms with Crippen molar-refractivity contribution >= 4 is 17.1 Å². The minimum atomic E-state index is 0.795. The van der Waals surface area contributed by atoms with E-state index in [0.717, 1.165) is 45.0 Å². The number of rotatable bonds is 1. The zero-order valence-corrected chi connectivity index (χ0v) is 10.0. The van der Waals surface area contributed by atoms with Crippen LogP contribution in [0.25, 0.3) is 0 Å². The maximum Gasteiger partial charge on any atom is 0.0839 e. The highest BCUT2D eigenvalue weighted by atomic mass is 16.5. The Labute approximate surface area is 102 Å². The van der Waals surface area contributed by atoms with E-state index in [2.05, 4.69) is 16.3 Å². The van der Waals surface area contributed by atoms with E-state index in [1.165, 1.54) is 23.4 Å². The molecule has 1 aromatic carbocycles. The molecule has 1 saturated heterocycles. The van der Waals surface area contributed by atoms with Gasteiger partial charge >= 0.3 is 0 Å². The molecule has 0 unspecified atom stereocenters. The molecule has 2 aliphatic heterocycles. The standard InChI is InChI=1S/C13H19N3O/c14-11-4-3-10-2-1-5-15-12(10)13(11)16-6-8-17-9-7-16/h3-4,15H,1-2,5-9,14H2. The first kappa shape index (κ1) is 10.7. The van der Waals surface area contributed by atoms with Gasteiger partial charge in [0.15, 0.2) is 0 Å². The summed E-state index contributed by atoms with van der Waals surface area (Å²) in [5.74, 6) is 0. The maximum atomic E-state index is 6.15. The van der Waals surface area contributed by atoms with Crippen LogP contribution in [0.2, 0.25) is 0 Å². The van der Waals surface area contributed by atoms with Crippen LogP contribution in [0.5, 0.6) is 0 Å². The van der Waals surface area contributed by atoms with E-state index in [-0.39, 0.29) is 0 Å². The Balaban J connectivity index is 2.01. The lowest BCUT2D eigenvalue weighted by molar-refractivity contribution is 0.123. The fourth-order valence-corrected chi connectivity index (χ4v) is 2.67. The SMILES string of the molecule is Nc1ccc2c(c1N1CCOCC1)NCCC2. The number of benzene rings is 1. The predicted molar refractivity (Wildman–Crippen MR) is 70.7 cm³/mol. The molecule has 0 spiro atoms. The number of nitrogen functional groups attached to an aromatic ring is 1. The Bertz CT molecular complexity index is 413. The largest absolute Gasteiger partial charge is 0.397 e. The highest BCUT2D eigenvalue weighted by Crippen LogP contribution is 2.38. The Morgan fingerprint density at radius 3 is 2.88 bits per heavy atom. The number of nitrogens with two attached hydrogens (primary N) is 1. The summed E-state index contributed by atoms with van der Waals surface area (Å²) in [4.78, 5) is 2.34. The molecular formula is C13H19N3O. The van der Waals surface area contributed by atoms with Gasteiger partial charge in [-0.2, -0.15) is 0 Å². The van der Waals surface area contributed by atoms with Crippen LogP contribution >= 0.6 is 0 Å². The fourth-order valence-electron chi connectivity index (χ4n) is 2.67. The predicted octanol–water partition coefficient (Wildman–Crippen LogP) is 1.46. The normalized spacial score (nSPS) is 19.6. The number of anilines is 3. The summed E-state index contributed by atoms with van der Waals surface area (Å²) in [6.07, 6.45) is 2.36. The zero-order chi connectivity index (χ0) is 11.7. The molecule has 0 bridgehead atoms. The molecule has 1 fully saturated rings. The van der Waals surface area contributed by atoms with Gasteiger partial charge < -0.3 is 20.7 Å². The third kappa shape index (κ3) is 1.93. The van der Waals surface area contributed by atoms with Crippen molar-refractivity contribution in [1.29, 1.82) is 0 Å². The Morgan fingerprint density at radius 1 is 1.24 bits per heavy atom. The third-order valence-electron chi connectivity index (χ3n) is 3.55. The minimum Gasteiger partial charge on any atom is -0.397 e. The highest BCUT2D eigenvalue weighted by molar-refractivity contribution is 5.85. The van der Waals surface area contributed by atoms with E-state index < -0.39 is 0 Å². The second-order valence-electron chi connectivity index (χ2n) is 4.67. The van der Waals surface area contributed by atoms with Crippen molar-refractivity contribution in [2.24, 2.45) is 0 Å². The topological polar surface area (TPSA) is 50.5 Å². The summed E-state index contributed by atoms with van der Waals surface area (Å²) < 4.78 is 5.40. The van der Waals surface area contributed by atoms with Crippen LogP contribution in [0.3, 0.4) is 0 Å². The molecule has 92 valence electrons. The van der Waals surface area contributed by atoms with Gasteiger partial charge in [-0.1, -0.05) is 6.07 Å². The summed E-state index contributed by atoms with van der Waals surface area (Å²) in [5.41, 5.74) is 10.9. The van der Waals surface area contributed by atoms with Crippen LogP contribution in [0, 0.1) is 0 Å². The zero-order valence-electron chi connectivity index (χ0n) is 10.0. The molecule has 0 amide bonds. The molecule has 4 nitrogen and oxygen atoms in total. The van der Waals surface area contributed by atoms with Crippen LogP contribution in [0.1, 0.15) is 12.0 Å². The monoisotopic (exact) mass is 233 g/mol. The molecule has 0 radical (unpaired) electrons. The average Bonchev–Trinajstić information content (AvgIpc) is 2.39. The van der Waals surface area contributed by atoms with Crippen molar-refractivity contribution in [2.75, 3.05) is 48.8 Å². The number of aryl methyl sites for hydroxylation is 1. The second kappa shape index (κ2) is 4.45. The lowest BCUT2D eigenvalue weighted by Gasteiger charge is -2.33. The van der Waals surface area contributed by atoms with Crippen LogP contribution in [-0.2, 0) is 11.2 Å². The first-order chi connectivity index (χ1) is 8.36. The Hall–Kier alpha value is -1.42. The Kier molecular flexibility index (Phi) is 2.81. The van der Waals surface area contributed by atoms with Gasteiger partial charge in [0, 0.05) is 19.6 Å². The van der Waals surface area contributed by atoms with E-state index in [4.69, 9.17) is 10.5 Å². The van der Waals surface area contributed by atoms with Gasteiger partial charge in [0.2, 0.25) is 0 Å². The highest BCUT2D eigenvalue weighted by Gasteiger charge is 2.21. The molecule has 2 heterocycles. The quantitative estimate of drug-likeness (QED) is 0.721. The van der Waals surface area contributed by atoms with E-state index in [1.807, 2.05) is 6.07 Å². The van der Waals surface area contributed by atoms with Gasteiger partial charge in [-0.05, 0) is 24.5 Å². The number of hydrogen-bond acceptors (Lipinski definition) is 4. The number of fused-ring (bicyclic) bond motifs is 1. The van der Waals surface area contributed by atoms with Crippen LogP contribution in [0.4, 0.5) is 17.1 Å². The van der Waals surface area contributed by atoms with Gasteiger partial charge in [0.25, 0.3) is 0 Å². The minimum absolute atomic E-state index is 0.795. The fraction of sp³-hybridized carbons (Fsp3) is 0.538. The number of nitrogens with zero attached hydrogens (tertiary/aromatic N) is 1. The van der Waals surface area contributed by atoms with E-state index in [9.17, 15) is 0 Å². The number of hydrogen-bond donors (Lipinski definition) is 2. The number of nitrogens with one attached hydrogen (secondary N) is 1. The van der Waals surface area contributed by atoms with Crippen molar-refractivity contribution < 1.29 is 4.74 Å². The van der Waals surface area contributed by atoms with Gasteiger partial charge in [-0.3, -0.25) is 0 Å². The lowest BCUT2D eigenvalue weighted by atomic mass is 10.0. The van der Waals surface area contributed by atoms with Crippen molar-refractivity contribution in [1.82, 2.24) is 0 Å². The van der Waals surface area contributed by atoms with E-state index in [0.29, 0.717) is 0 Å². The molecule has 3 N–H and O–H groups in total. The van der Waals surface area contributed by atoms with Gasteiger partial charge in [-0.15, -0.1) is 0 Å². The molecule has 0 saturated carbocycles. The number of morpholine rings is 1. The second-order valence-corrected chi connectivity index (χ2v) is 4.67. The molecule has 4 heteroatoms. The average molecular weight is 233 g/mol. The van der Waals surface area contributed by atoms with Crippen LogP contribution in [0.15, 0.2) is 12.1 Å². The van der Waals surface area contributed by atoms with Crippen LogP contribution < -0.4 is 16.0 Å². The van der Waals surface area contributed by atoms with Crippen molar-refractivity contribution in [3.63, 3.8) is 0 Å². The van der Waals surface area contributed by atoms with Gasteiger partial charge in [0.1, 0.15) is 0 Å². The summed E-state index contributed by atoms with van der Waals surface area (Å²) in [7, 11) is 0. The van der Waals surface area contributed by atoms with Crippen molar-refractivity contribution in [3.8, 4) is 0 Å². The summed E-state index contributed by atoms with van der Waals surface area (Å²) in [5, 5.41) is 3.51. The Morgan fingerprint density at radius 2 is 2.06 bits per heavy atom. The summed E-state index contributed by atoms with van der Waals surface area (Å²) >= 11 is 0. The molecule has 1 aromatic rings. The third-order valence-corrected chi connectivity index (χ3v) is 3.55. The molecule has 17 heavy (non-hydrogen) atoms. The van der Waals surface area contributed by atoms with Crippen molar-refractivity contribution in [3.05, 3.63) is 17.7 Å². The lowest BCUT2D eigenvalue weighted by Crippen LogP contribution is -2.37. The first-order valence-electron chi connectivity index (χ1n) is 6.34. The number of ether oxygens (including phenoxy) is 1. The smallest absolute Gasteiger partial charge is 0.0839 e. The van der Waals surface area contributed by atoms with Crippen LogP contribution in [-0.4, -0.2) is 32.8 Å². The molecule has 0 aliphatic carbocycles. The molecule has 3 rings (SSSR count). The molecule has 0 aromatic heterocycles. The van der Waals surface area contributed by atoms with E-state index in [1.54, 1.807) is 0 Å². The van der Waals surface area contributed by atoms with Gasteiger partial charge in [-0.25, -0.2) is 0 Å². The maximum absolute atomic E-state index is 6.15. The molecule has 0 atom stereocenters. The first-order valence-corrected chi connectivity index (χ1v) is 6.34. The molecule has 2 aliphatic rings.